The molecule has 1 N–H and O–H groups in total. The van der Waals surface area contributed by atoms with Crippen LogP contribution in [0.1, 0.15) is 41.2 Å². The Morgan fingerprint density at radius 3 is 2.77 bits per heavy atom. The van der Waals surface area contributed by atoms with Crippen LogP contribution in [-0.4, -0.2) is 52.4 Å². The van der Waals surface area contributed by atoms with Gasteiger partial charge in [0.15, 0.2) is 0 Å². The first-order chi connectivity index (χ1) is 12.6. The lowest BCUT2D eigenvalue weighted by Crippen LogP contribution is -2.41. The summed E-state index contributed by atoms with van der Waals surface area (Å²) >= 11 is 0. The first-order valence-electron chi connectivity index (χ1n) is 9.66. The lowest BCUT2D eigenvalue weighted by atomic mass is 9.89. The van der Waals surface area contributed by atoms with Gasteiger partial charge in [-0.25, -0.2) is 4.98 Å². The number of benzene rings is 1. The highest BCUT2D eigenvalue weighted by Gasteiger charge is 2.41. The number of rotatable bonds is 3. The van der Waals surface area contributed by atoms with Crippen LogP contribution in [0.15, 0.2) is 24.3 Å². The Kier molecular flexibility index (Phi) is 4.57. The van der Waals surface area contributed by atoms with Crippen molar-refractivity contribution < 1.29 is 4.79 Å². The second-order valence-corrected chi connectivity index (χ2v) is 7.76. The van der Waals surface area contributed by atoms with Gasteiger partial charge in [-0.1, -0.05) is 31.2 Å². The van der Waals surface area contributed by atoms with Crippen LogP contribution < -0.4 is 0 Å². The Morgan fingerprint density at radius 1 is 1.27 bits per heavy atom. The van der Waals surface area contributed by atoms with Gasteiger partial charge < -0.3 is 14.8 Å². The van der Waals surface area contributed by atoms with Crippen molar-refractivity contribution in [2.45, 2.75) is 39.2 Å². The molecular formula is C21H28N4O. The Bertz CT molecular complexity index is 812. The summed E-state index contributed by atoms with van der Waals surface area (Å²) in [6.45, 7) is 7.46. The van der Waals surface area contributed by atoms with E-state index in [1.165, 1.54) is 11.1 Å². The van der Waals surface area contributed by atoms with Gasteiger partial charge in [-0.3, -0.25) is 4.79 Å². The smallest absolute Gasteiger partial charge is 0.228 e. The summed E-state index contributed by atoms with van der Waals surface area (Å²) in [5.41, 5.74) is 4.87. The largest absolute Gasteiger partial charge is 0.346 e. The molecule has 0 bridgehead atoms. The number of carbonyl (C=O) groups excluding carboxylic acids is 1. The first kappa shape index (κ1) is 17.3. The Balaban J connectivity index is 1.57. The predicted octanol–water partition coefficient (Wildman–Crippen LogP) is 2.51. The highest BCUT2D eigenvalue weighted by Crippen LogP contribution is 2.35. The summed E-state index contributed by atoms with van der Waals surface area (Å²) in [5.74, 6) is 1.48. The summed E-state index contributed by atoms with van der Waals surface area (Å²) in [6, 6.07) is 8.49. The van der Waals surface area contributed by atoms with Gasteiger partial charge in [0.25, 0.3) is 0 Å². The quantitative estimate of drug-likeness (QED) is 0.923. The van der Waals surface area contributed by atoms with Crippen molar-refractivity contribution >= 4 is 5.91 Å². The highest BCUT2D eigenvalue weighted by atomic mass is 16.2. The van der Waals surface area contributed by atoms with Crippen LogP contribution in [0, 0.1) is 12.8 Å². The summed E-state index contributed by atoms with van der Waals surface area (Å²) in [5, 5.41) is 0. The third-order valence-corrected chi connectivity index (χ3v) is 5.92. The van der Waals surface area contributed by atoms with E-state index in [-0.39, 0.29) is 17.7 Å². The molecule has 0 radical (unpaired) electrons. The number of likely N-dealkylation sites (N-methyl/N-ethyl adjacent to an activating group) is 1. The monoisotopic (exact) mass is 352 g/mol. The molecule has 0 unspecified atom stereocenters. The van der Waals surface area contributed by atoms with Crippen LogP contribution in [0.25, 0.3) is 0 Å². The van der Waals surface area contributed by atoms with E-state index < -0.39 is 0 Å². The molecule has 138 valence electrons. The number of carbonyl (C=O) groups is 1. The molecule has 2 atom stereocenters. The summed E-state index contributed by atoms with van der Waals surface area (Å²) in [4.78, 5) is 25.9. The topological polar surface area (TPSA) is 52.2 Å². The van der Waals surface area contributed by atoms with E-state index in [4.69, 9.17) is 4.98 Å². The molecule has 0 spiro atoms. The molecule has 2 aliphatic rings. The van der Waals surface area contributed by atoms with E-state index in [9.17, 15) is 4.79 Å². The molecule has 1 amide bonds. The fourth-order valence-electron chi connectivity index (χ4n) is 4.51. The third-order valence-electron chi connectivity index (χ3n) is 5.92. The highest BCUT2D eigenvalue weighted by molar-refractivity contribution is 5.81. The zero-order chi connectivity index (χ0) is 18.3. The molecule has 26 heavy (non-hydrogen) atoms. The first-order valence-corrected chi connectivity index (χ1v) is 9.66. The van der Waals surface area contributed by atoms with Gasteiger partial charge in [0, 0.05) is 44.2 Å². The van der Waals surface area contributed by atoms with Gasteiger partial charge >= 0.3 is 0 Å². The van der Waals surface area contributed by atoms with Crippen LogP contribution in [0.2, 0.25) is 0 Å². The van der Waals surface area contributed by atoms with E-state index in [1.54, 1.807) is 0 Å². The summed E-state index contributed by atoms with van der Waals surface area (Å²) in [7, 11) is 2.11. The second-order valence-electron chi connectivity index (χ2n) is 7.76. The number of H-pyrrole nitrogens is 1. The minimum Gasteiger partial charge on any atom is -0.346 e. The minimum absolute atomic E-state index is 0.00281. The molecule has 2 aliphatic heterocycles. The van der Waals surface area contributed by atoms with Crippen LogP contribution in [-0.2, 0) is 24.2 Å². The predicted molar refractivity (Wildman–Crippen MR) is 102 cm³/mol. The SMILES string of the molecule is CCc1nc([C@H]2CN(C)C[C@@H]2C(=O)N2CCc3ccccc3C2)c(C)[nH]1. The molecule has 1 saturated heterocycles. The maximum absolute atomic E-state index is 13.4. The van der Waals surface area contributed by atoms with Gasteiger partial charge in [-0.2, -0.15) is 0 Å². The van der Waals surface area contributed by atoms with Crippen LogP contribution in [0.5, 0.6) is 0 Å². The fraction of sp³-hybridized carbons (Fsp3) is 0.524. The number of imidazole rings is 1. The Hall–Kier alpha value is -2.14. The maximum atomic E-state index is 13.4. The number of amides is 1. The van der Waals surface area contributed by atoms with E-state index >= 15 is 0 Å². The number of aromatic nitrogens is 2. The molecule has 5 heteroatoms. The van der Waals surface area contributed by atoms with Gasteiger partial charge in [0.05, 0.1) is 11.6 Å². The maximum Gasteiger partial charge on any atom is 0.228 e. The van der Waals surface area contributed by atoms with Crippen molar-refractivity contribution in [1.82, 2.24) is 19.8 Å². The number of hydrogen-bond donors (Lipinski definition) is 1. The molecular weight excluding hydrogens is 324 g/mol. The molecule has 1 aromatic heterocycles. The molecule has 2 aromatic rings. The Morgan fingerprint density at radius 2 is 2.04 bits per heavy atom. The molecule has 0 saturated carbocycles. The number of aryl methyl sites for hydroxylation is 2. The van der Waals surface area contributed by atoms with Crippen molar-refractivity contribution in [3.8, 4) is 0 Å². The van der Waals surface area contributed by atoms with Crippen molar-refractivity contribution in [3.63, 3.8) is 0 Å². The third kappa shape index (κ3) is 3.05. The number of nitrogens with zero attached hydrogens (tertiary/aromatic N) is 3. The standard InChI is InChI=1S/C21H28N4O/c1-4-19-22-14(2)20(23-19)17-12-24(3)13-18(17)21(26)25-10-9-15-7-5-6-8-16(15)11-25/h5-8,17-18H,4,9-13H2,1-3H3,(H,22,23)/t17-,18-/m0/s1. The van der Waals surface area contributed by atoms with Gasteiger partial charge in [0.1, 0.15) is 5.82 Å². The van der Waals surface area contributed by atoms with E-state index in [0.29, 0.717) is 0 Å². The van der Waals surface area contributed by atoms with E-state index in [1.807, 2.05) is 0 Å². The molecule has 3 heterocycles. The van der Waals surface area contributed by atoms with Gasteiger partial charge in [-0.05, 0) is 31.5 Å². The normalized spacial score (nSPS) is 23.3. The van der Waals surface area contributed by atoms with Gasteiger partial charge in [-0.15, -0.1) is 0 Å². The molecule has 4 rings (SSSR count). The van der Waals surface area contributed by atoms with E-state index in [0.717, 1.165) is 56.2 Å². The van der Waals surface area contributed by atoms with Gasteiger partial charge in [0.2, 0.25) is 5.91 Å². The molecule has 0 aliphatic carbocycles. The Labute approximate surface area is 155 Å². The lowest BCUT2D eigenvalue weighted by Gasteiger charge is -2.32. The number of hydrogen-bond acceptors (Lipinski definition) is 3. The van der Waals surface area contributed by atoms with Crippen molar-refractivity contribution in [2.24, 2.45) is 5.92 Å². The minimum atomic E-state index is -0.00281. The zero-order valence-electron chi connectivity index (χ0n) is 16.0. The molecule has 1 aromatic carbocycles. The van der Waals surface area contributed by atoms with Crippen LogP contribution in [0.3, 0.4) is 0 Å². The fourth-order valence-corrected chi connectivity index (χ4v) is 4.51. The number of fused-ring (bicyclic) bond motifs is 1. The van der Waals surface area contributed by atoms with Crippen molar-refractivity contribution in [3.05, 3.63) is 52.6 Å². The number of likely N-dealkylation sites (tertiary alicyclic amines) is 1. The van der Waals surface area contributed by atoms with Crippen molar-refractivity contribution in [2.75, 3.05) is 26.7 Å². The van der Waals surface area contributed by atoms with Crippen LogP contribution in [0.4, 0.5) is 0 Å². The van der Waals surface area contributed by atoms with E-state index in [2.05, 4.69) is 59.9 Å². The van der Waals surface area contributed by atoms with Crippen molar-refractivity contribution in [1.29, 1.82) is 0 Å². The average molecular weight is 352 g/mol. The summed E-state index contributed by atoms with van der Waals surface area (Å²) in [6.07, 6.45) is 1.85. The summed E-state index contributed by atoms with van der Waals surface area (Å²) < 4.78 is 0. The number of aromatic amines is 1. The second kappa shape index (κ2) is 6.88. The number of nitrogens with one attached hydrogen (secondary N) is 1. The lowest BCUT2D eigenvalue weighted by molar-refractivity contribution is -0.136. The molecule has 1 fully saturated rings. The zero-order valence-corrected chi connectivity index (χ0v) is 16.0. The molecule has 5 nitrogen and oxygen atoms in total. The average Bonchev–Trinajstić information content (AvgIpc) is 3.22. The van der Waals surface area contributed by atoms with Crippen LogP contribution >= 0.6 is 0 Å².